The number of nitrogens with zero attached hydrogens (tertiary/aromatic N) is 4. The fourth-order valence-corrected chi connectivity index (χ4v) is 2.55. The Kier molecular flexibility index (Phi) is 4.48. The monoisotopic (exact) mass is 342 g/mol. The first-order valence-electron chi connectivity index (χ1n) is 7.24. The first-order chi connectivity index (χ1) is 11.5. The van der Waals surface area contributed by atoms with E-state index in [4.69, 9.17) is 16.7 Å². The minimum Gasteiger partial charge on any atom is -0.476 e. The van der Waals surface area contributed by atoms with Gasteiger partial charge in [-0.3, -0.25) is 0 Å². The van der Waals surface area contributed by atoms with E-state index in [0.717, 1.165) is 11.3 Å². The van der Waals surface area contributed by atoms with E-state index >= 15 is 0 Å². The maximum Gasteiger partial charge on any atom is 0.356 e. The molecule has 2 heterocycles. The number of hydrogen-bond acceptors (Lipinski definition) is 4. The van der Waals surface area contributed by atoms with Crippen LogP contribution in [0.1, 0.15) is 16.1 Å². The molecule has 1 aromatic carbocycles. The van der Waals surface area contributed by atoms with Gasteiger partial charge in [0.15, 0.2) is 5.69 Å². The van der Waals surface area contributed by atoms with Crippen LogP contribution in [0.4, 0.5) is 5.82 Å². The van der Waals surface area contributed by atoms with Crippen LogP contribution in [0, 0.1) is 0 Å². The average molecular weight is 343 g/mol. The molecule has 0 bridgehead atoms. The van der Waals surface area contributed by atoms with Crippen LogP contribution in [0.2, 0.25) is 5.02 Å². The molecule has 6 nitrogen and oxygen atoms in total. The molecule has 2 aromatic heterocycles. The summed E-state index contributed by atoms with van der Waals surface area (Å²) in [5, 5.41) is 13.5. The van der Waals surface area contributed by atoms with Gasteiger partial charge in [0.25, 0.3) is 0 Å². The fraction of sp³-hybridized carbons (Fsp3) is 0.118. The molecule has 0 unspecified atom stereocenters. The smallest absolute Gasteiger partial charge is 0.356 e. The van der Waals surface area contributed by atoms with E-state index in [1.165, 1.54) is 0 Å². The molecule has 0 radical (unpaired) electrons. The summed E-state index contributed by atoms with van der Waals surface area (Å²) in [5.74, 6) is -0.600. The second kappa shape index (κ2) is 6.72. The number of carboxylic acid groups (broad SMARTS) is 1. The summed E-state index contributed by atoms with van der Waals surface area (Å²) in [7, 11) is 1.85. The summed E-state index contributed by atoms with van der Waals surface area (Å²) in [6, 6.07) is 13.1. The van der Waals surface area contributed by atoms with Crippen LogP contribution in [0.15, 0.2) is 54.9 Å². The summed E-state index contributed by atoms with van der Waals surface area (Å²) < 4.78 is 1.78. The lowest BCUT2D eigenvalue weighted by Crippen LogP contribution is -2.19. The highest BCUT2D eigenvalue weighted by atomic mass is 35.5. The first kappa shape index (κ1) is 16.0. The molecule has 3 aromatic rings. The van der Waals surface area contributed by atoms with E-state index < -0.39 is 5.97 Å². The minimum absolute atomic E-state index is 0.125. The van der Waals surface area contributed by atoms with Crippen molar-refractivity contribution < 1.29 is 9.90 Å². The van der Waals surface area contributed by atoms with Crippen molar-refractivity contribution in [1.82, 2.24) is 14.8 Å². The Hall–Kier alpha value is -2.86. The van der Waals surface area contributed by atoms with Gasteiger partial charge in [-0.05, 0) is 35.9 Å². The Labute approximate surface area is 143 Å². The van der Waals surface area contributed by atoms with Gasteiger partial charge in [0, 0.05) is 26.0 Å². The van der Waals surface area contributed by atoms with Crippen LogP contribution in [0.5, 0.6) is 0 Å². The predicted octanol–water partition coefficient (Wildman–Crippen LogP) is 3.26. The second-order valence-corrected chi connectivity index (χ2v) is 5.69. The van der Waals surface area contributed by atoms with Crippen LogP contribution in [0.25, 0.3) is 5.69 Å². The molecule has 0 aliphatic carbocycles. The molecular weight excluding hydrogens is 328 g/mol. The standard InChI is InChI=1S/C17H15ClN4O2/c1-21(15-7-6-14(18)16(20-15)17(23)24)11-12-4-2-5-13(10-12)22-9-3-8-19-22/h2-10H,11H2,1H3,(H,23,24). The minimum atomic E-state index is -1.14. The largest absolute Gasteiger partial charge is 0.476 e. The number of aromatic carboxylic acids is 1. The quantitative estimate of drug-likeness (QED) is 0.770. The van der Waals surface area contributed by atoms with Gasteiger partial charge in [-0.15, -0.1) is 0 Å². The van der Waals surface area contributed by atoms with Gasteiger partial charge in [-0.2, -0.15) is 5.10 Å². The molecule has 24 heavy (non-hydrogen) atoms. The van der Waals surface area contributed by atoms with E-state index in [-0.39, 0.29) is 10.7 Å². The summed E-state index contributed by atoms with van der Waals surface area (Å²) in [6.07, 6.45) is 3.60. The molecule has 7 heteroatoms. The van der Waals surface area contributed by atoms with Crippen LogP contribution >= 0.6 is 11.6 Å². The Morgan fingerprint density at radius 3 is 2.83 bits per heavy atom. The second-order valence-electron chi connectivity index (χ2n) is 5.28. The van der Waals surface area contributed by atoms with Gasteiger partial charge in [0.05, 0.1) is 10.7 Å². The predicted molar refractivity (Wildman–Crippen MR) is 91.9 cm³/mol. The topological polar surface area (TPSA) is 71.2 Å². The van der Waals surface area contributed by atoms with Crippen molar-refractivity contribution in [1.29, 1.82) is 0 Å². The molecule has 0 saturated carbocycles. The van der Waals surface area contributed by atoms with Gasteiger partial charge in [0.1, 0.15) is 5.82 Å². The van der Waals surface area contributed by atoms with Crippen molar-refractivity contribution in [3.05, 3.63) is 71.1 Å². The number of anilines is 1. The van der Waals surface area contributed by atoms with E-state index in [1.54, 1.807) is 23.0 Å². The van der Waals surface area contributed by atoms with Crippen LogP contribution in [0.3, 0.4) is 0 Å². The van der Waals surface area contributed by atoms with Gasteiger partial charge in [-0.25, -0.2) is 14.5 Å². The van der Waals surface area contributed by atoms with Crippen molar-refractivity contribution in [3.63, 3.8) is 0 Å². The van der Waals surface area contributed by atoms with E-state index in [2.05, 4.69) is 10.1 Å². The number of pyridine rings is 1. The maximum atomic E-state index is 11.2. The van der Waals surface area contributed by atoms with Gasteiger partial charge >= 0.3 is 5.97 Å². The SMILES string of the molecule is CN(Cc1cccc(-n2cccn2)c1)c1ccc(Cl)c(C(=O)O)n1. The molecule has 3 rings (SSSR count). The van der Waals surface area contributed by atoms with Crippen molar-refractivity contribution in [2.75, 3.05) is 11.9 Å². The molecule has 0 aliphatic heterocycles. The molecule has 1 N–H and O–H groups in total. The Bertz CT molecular complexity index is 865. The van der Waals surface area contributed by atoms with Crippen molar-refractivity contribution in [3.8, 4) is 5.69 Å². The van der Waals surface area contributed by atoms with Crippen molar-refractivity contribution >= 4 is 23.4 Å². The van der Waals surface area contributed by atoms with E-state index in [1.807, 2.05) is 48.5 Å². The summed E-state index contributed by atoms with van der Waals surface area (Å²) in [5.41, 5.74) is 1.87. The summed E-state index contributed by atoms with van der Waals surface area (Å²) >= 11 is 5.86. The molecular formula is C17H15ClN4O2. The van der Waals surface area contributed by atoms with Crippen molar-refractivity contribution in [2.24, 2.45) is 0 Å². The summed E-state index contributed by atoms with van der Waals surface area (Å²) in [4.78, 5) is 17.1. The normalized spacial score (nSPS) is 10.6. The van der Waals surface area contributed by atoms with Crippen molar-refractivity contribution in [2.45, 2.75) is 6.54 Å². The zero-order valence-corrected chi connectivity index (χ0v) is 13.7. The van der Waals surface area contributed by atoms with E-state index in [0.29, 0.717) is 12.4 Å². The lowest BCUT2D eigenvalue weighted by atomic mass is 10.2. The highest BCUT2D eigenvalue weighted by molar-refractivity contribution is 6.33. The Balaban J connectivity index is 1.82. The number of benzene rings is 1. The molecule has 0 spiro atoms. The van der Waals surface area contributed by atoms with Gasteiger partial charge in [-0.1, -0.05) is 23.7 Å². The number of carboxylic acids is 1. The molecule has 0 atom stereocenters. The third-order valence-corrected chi connectivity index (χ3v) is 3.83. The van der Waals surface area contributed by atoms with Crippen LogP contribution < -0.4 is 4.90 Å². The highest BCUT2D eigenvalue weighted by Crippen LogP contribution is 2.20. The Morgan fingerprint density at radius 1 is 1.29 bits per heavy atom. The number of hydrogen-bond donors (Lipinski definition) is 1. The zero-order chi connectivity index (χ0) is 17.1. The third kappa shape index (κ3) is 3.38. The van der Waals surface area contributed by atoms with Crippen LogP contribution in [-0.4, -0.2) is 32.9 Å². The molecule has 0 saturated heterocycles. The summed E-state index contributed by atoms with van der Waals surface area (Å²) in [6.45, 7) is 0.572. The molecule has 0 aliphatic rings. The Morgan fingerprint density at radius 2 is 2.12 bits per heavy atom. The lowest BCUT2D eigenvalue weighted by molar-refractivity contribution is 0.0691. The fourth-order valence-electron chi connectivity index (χ4n) is 2.37. The first-order valence-corrected chi connectivity index (χ1v) is 7.62. The number of aromatic nitrogens is 3. The van der Waals surface area contributed by atoms with Gasteiger partial charge < -0.3 is 10.0 Å². The zero-order valence-electron chi connectivity index (χ0n) is 12.9. The number of halogens is 1. The third-order valence-electron chi connectivity index (χ3n) is 3.52. The van der Waals surface area contributed by atoms with E-state index in [9.17, 15) is 4.79 Å². The number of rotatable bonds is 5. The lowest BCUT2D eigenvalue weighted by Gasteiger charge is -2.19. The maximum absolute atomic E-state index is 11.2. The highest BCUT2D eigenvalue weighted by Gasteiger charge is 2.13. The molecule has 0 amide bonds. The number of carbonyl (C=O) groups is 1. The molecule has 122 valence electrons. The molecule has 0 fully saturated rings. The van der Waals surface area contributed by atoms with Crippen LogP contribution in [-0.2, 0) is 6.54 Å². The average Bonchev–Trinajstić information content (AvgIpc) is 3.09. The van der Waals surface area contributed by atoms with Gasteiger partial charge in [0.2, 0.25) is 0 Å².